The first kappa shape index (κ1) is 6.88. The minimum atomic E-state index is -0.852. The van der Waals surface area contributed by atoms with Gasteiger partial charge in [0.15, 0.2) is 6.04 Å². The molecule has 8 heavy (non-hydrogen) atoms. The van der Waals surface area contributed by atoms with Crippen molar-refractivity contribution in [2.75, 3.05) is 0 Å². The largest absolute Gasteiger partial charge is 0.385 e. The maximum atomic E-state index is 8.08. The summed E-state index contributed by atoms with van der Waals surface area (Å²) in [5.74, 6) is 4.52. The Morgan fingerprint density at radius 2 is 2.38 bits per heavy atom. The maximum Gasteiger partial charge on any atom is 0.165 e. The molecule has 0 aromatic heterocycles. The number of nitrogens with one attached hydrogen (secondary N) is 2. The maximum absolute atomic E-state index is 8.08. The van der Waals surface area contributed by atoms with Gasteiger partial charge in [-0.3, -0.25) is 11.3 Å². The molecule has 0 aliphatic carbocycles. The first-order valence-corrected chi connectivity index (χ1v) is 1.92. The third-order valence-electron chi connectivity index (χ3n) is 0.607. The van der Waals surface area contributed by atoms with Gasteiger partial charge in [-0.05, 0) is 0 Å². The van der Waals surface area contributed by atoms with Crippen LogP contribution in [0.3, 0.4) is 0 Å². The summed E-state index contributed by atoms with van der Waals surface area (Å²) in [6.07, 6.45) is 0. The molecule has 6 N–H and O–H groups in total. The second-order valence-corrected chi connectivity index (χ2v) is 1.18. The minimum absolute atomic E-state index is 0.269. The van der Waals surface area contributed by atoms with Crippen molar-refractivity contribution >= 4 is 5.84 Å². The predicted molar refractivity (Wildman–Crippen MR) is 28.6 cm³/mol. The fourth-order valence-electron chi connectivity index (χ4n) is 0.197. The van der Waals surface area contributed by atoms with E-state index in [0.29, 0.717) is 0 Å². The molecular weight excluding hydrogens is 106 g/mol. The number of hydrazine groups is 1. The summed E-state index contributed by atoms with van der Waals surface area (Å²) in [5, 5.41) is 14.7. The van der Waals surface area contributed by atoms with Crippen LogP contribution < -0.4 is 17.0 Å². The number of amidine groups is 1. The van der Waals surface area contributed by atoms with Crippen LogP contribution in [-0.4, -0.2) is 11.9 Å². The van der Waals surface area contributed by atoms with Gasteiger partial charge in [0.1, 0.15) is 5.84 Å². The summed E-state index contributed by atoms with van der Waals surface area (Å²) < 4.78 is 0. The molecule has 0 fully saturated rings. The molecule has 0 heterocycles. The number of nitriles is 1. The summed E-state index contributed by atoms with van der Waals surface area (Å²) in [7, 11) is 0. The lowest BCUT2D eigenvalue weighted by Gasteiger charge is -2.01. The van der Waals surface area contributed by atoms with Crippen molar-refractivity contribution in [1.82, 2.24) is 5.43 Å². The zero-order valence-electron chi connectivity index (χ0n) is 4.18. The van der Waals surface area contributed by atoms with Gasteiger partial charge in [0.2, 0.25) is 0 Å². The van der Waals surface area contributed by atoms with Gasteiger partial charge in [-0.25, -0.2) is 5.43 Å². The average Bonchev–Trinajstić information content (AvgIpc) is 1.69. The fourth-order valence-corrected chi connectivity index (χ4v) is 0.197. The van der Waals surface area contributed by atoms with Crippen LogP contribution in [0.25, 0.3) is 0 Å². The standard InChI is InChI=1S/C3H7N5/c4-1-2(8-7)3(5)6/h2,8H,7H2,(H3,5,6). The third-order valence-corrected chi connectivity index (χ3v) is 0.607. The molecule has 1 atom stereocenters. The molecule has 5 heteroatoms. The van der Waals surface area contributed by atoms with Crippen molar-refractivity contribution in [3.8, 4) is 6.07 Å². The minimum Gasteiger partial charge on any atom is -0.385 e. The van der Waals surface area contributed by atoms with E-state index >= 15 is 0 Å². The normalized spacial score (nSPS) is 12.0. The third kappa shape index (κ3) is 1.55. The smallest absolute Gasteiger partial charge is 0.165 e. The van der Waals surface area contributed by atoms with Crippen LogP contribution in [0.15, 0.2) is 0 Å². The van der Waals surface area contributed by atoms with E-state index in [1.165, 1.54) is 0 Å². The highest BCUT2D eigenvalue weighted by Gasteiger charge is 2.04. The second kappa shape index (κ2) is 2.96. The average molecular weight is 113 g/mol. The van der Waals surface area contributed by atoms with Gasteiger partial charge in [0.05, 0.1) is 6.07 Å². The molecule has 0 saturated heterocycles. The van der Waals surface area contributed by atoms with Crippen molar-refractivity contribution in [1.29, 1.82) is 10.7 Å². The summed E-state index contributed by atoms with van der Waals surface area (Å²) >= 11 is 0. The fraction of sp³-hybridized carbons (Fsp3) is 0.333. The SMILES string of the molecule is N#CC(NN)C(=N)N. The summed E-state index contributed by atoms with van der Waals surface area (Å²) in [4.78, 5) is 0. The quantitative estimate of drug-likeness (QED) is 0.148. The lowest BCUT2D eigenvalue weighted by atomic mass is 10.3. The van der Waals surface area contributed by atoms with Crippen molar-refractivity contribution in [3.63, 3.8) is 0 Å². The van der Waals surface area contributed by atoms with Crippen LogP contribution in [0.5, 0.6) is 0 Å². The van der Waals surface area contributed by atoms with E-state index in [-0.39, 0.29) is 5.84 Å². The molecule has 1 unspecified atom stereocenters. The number of hydrogen-bond donors (Lipinski definition) is 4. The van der Waals surface area contributed by atoms with Crippen molar-refractivity contribution < 1.29 is 0 Å². The monoisotopic (exact) mass is 113 g/mol. The van der Waals surface area contributed by atoms with Crippen molar-refractivity contribution in [2.24, 2.45) is 11.6 Å². The molecule has 0 aromatic carbocycles. The first-order valence-electron chi connectivity index (χ1n) is 1.92. The Kier molecular flexibility index (Phi) is 2.54. The Morgan fingerprint density at radius 3 is 2.38 bits per heavy atom. The molecule has 0 aliphatic rings. The van der Waals surface area contributed by atoms with Gasteiger partial charge in [0, 0.05) is 0 Å². The second-order valence-electron chi connectivity index (χ2n) is 1.18. The van der Waals surface area contributed by atoms with E-state index in [1.54, 1.807) is 6.07 Å². The zero-order valence-corrected chi connectivity index (χ0v) is 4.18. The number of rotatable bonds is 2. The van der Waals surface area contributed by atoms with Crippen molar-refractivity contribution in [2.45, 2.75) is 6.04 Å². The van der Waals surface area contributed by atoms with Gasteiger partial charge in [-0.1, -0.05) is 0 Å². The molecule has 0 aromatic rings. The van der Waals surface area contributed by atoms with Crippen molar-refractivity contribution in [3.05, 3.63) is 0 Å². The molecule has 0 spiro atoms. The van der Waals surface area contributed by atoms with Crippen LogP contribution in [0.4, 0.5) is 0 Å². The molecule has 0 amide bonds. The van der Waals surface area contributed by atoms with Crippen LogP contribution in [-0.2, 0) is 0 Å². The van der Waals surface area contributed by atoms with Crippen LogP contribution in [0.1, 0.15) is 0 Å². The number of nitrogens with zero attached hydrogens (tertiary/aromatic N) is 1. The Labute approximate surface area is 46.7 Å². The lowest BCUT2D eigenvalue weighted by molar-refractivity contribution is 0.748. The highest BCUT2D eigenvalue weighted by Crippen LogP contribution is 1.71. The Morgan fingerprint density at radius 1 is 1.88 bits per heavy atom. The summed E-state index contributed by atoms with van der Waals surface area (Å²) in [5.41, 5.74) is 6.92. The van der Waals surface area contributed by atoms with Gasteiger partial charge in [0.25, 0.3) is 0 Å². The lowest BCUT2D eigenvalue weighted by Crippen LogP contribution is -2.43. The van der Waals surface area contributed by atoms with Crippen LogP contribution in [0, 0.1) is 16.7 Å². The topological polar surface area (TPSA) is 112 Å². The highest BCUT2D eigenvalue weighted by atomic mass is 15.2. The zero-order chi connectivity index (χ0) is 6.57. The Bertz CT molecular complexity index is 122. The molecule has 5 nitrogen and oxygen atoms in total. The summed E-state index contributed by atoms with van der Waals surface area (Å²) in [6, 6.07) is 0.814. The molecular formula is C3H7N5. The van der Waals surface area contributed by atoms with Crippen LogP contribution in [0.2, 0.25) is 0 Å². The number of nitrogens with two attached hydrogens (primary N) is 2. The van der Waals surface area contributed by atoms with Crippen LogP contribution >= 0.6 is 0 Å². The molecule has 0 bridgehead atoms. The van der Waals surface area contributed by atoms with E-state index < -0.39 is 6.04 Å². The molecule has 0 radical (unpaired) electrons. The highest BCUT2D eigenvalue weighted by molar-refractivity contribution is 5.85. The Balaban J connectivity index is 3.76. The van der Waals surface area contributed by atoms with E-state index in [0.717, 1.165) is 0 Å². The number of hydrogen-bond acceptors (Lipinski definition) is 4. The van der Waals surface area contributed by atoms with Gasteiger partial charge in [-0.2, -0.15) is 5.26 Å². The van der Waals surface area contributed by atoms with Gasteiger partial charge >= 0.3 is 0 Å². The first-order chi connectivity index (χ1) is 3.72. The van der Waals surface area contributed by atoms with Gasteiger partial charge in [-0.15, -0.1) is 0 Å². The summed E-state index contributed by atoms with van der Waals surface area (Å²) in [6.45, 7) is 0. The molecule has 0 aliphatic heterocycles. The van der Waals surface area contributed by atoms with E-state index in [1.807, 2.05) is 5.43 Å². The van der Waals surface area contributed by atoms with E-state index in [4.69, 9.17) is 22.2 Å². The molecule has 0 saturated carbocycles. The molecule has 44 valence electrons. The van der Waals surface area contributed by atoms with E-state index in [9.17, 15) is 0 Å². The van der Waals surface area contributed by atoms with Gasteiger partial charge < -0.3 is 5.73 Å². The van der Waals surface area contributed by atoms with E-state index in [2.05, 4.69) is 0 Å². The predicted octanol–water partition coefficient (Wildman–Crippen LogP) is -1.72. The Hall–Kier alpha value is -1.12. The molecule has 0 rings (SSSR count).